The Kier molecular flexibility index (Phi) is 6.68. The van der Waals surface area contributed by atoms with Crippen LogP contribution in [0.2, 0.25) is 0 Å². The number of benzene rings is 2. The molecule has 0 unspecified atom stereocenters. The van der Waals surface area contributed by atoms with Crippen molar-refractivity contribution in [1.82, 2.24) is 14.5 Å². The van der Waals surface area contributed by atoms with Crippen molar-refractivity contribution in [3.05, 3.63) is 54.7 Å². The van der Waals surface area contributed by atoms with Crippen molar-refractivity contribution in [1.29, 1.82) is 0 Å². The summed E-state index contributed by atoms with van der Waals surface area (Å²) in [7, 11) is 0. The van der Waals surface area contributed by atoms with E-state index in [9.17, 15) is 10.2 Å². The first-order valence-corrected chi connectivity index (χ1v) is 9.66. The van der Waals surface area contributed by atoms with E-state index in [1.807, 2.05) is 42.6 Å². The lowest BCUT2D eigenvalue weighted by Crippen LogP contribution is -2.28. The van der Waals surface area contributed by atoms with Crippen LogP contribution in [0.1, 0.15) is 13.3 Å². The maximum atomic E-state index is 9.88. The number of hydrogen-bond acceptors (Lipinski definition) is 5. The summed E-state index contributed by atoms with van der Waals surface area (Å²) in [5.74, 6) is 1.05. The van der Waals surface area contributed by atoms with Gasteiger partial charge in [-0.25, -0.2) is 4.98 Å². The Hall–Kier alpha value is -2.83. The molecule has 6 nitrogen and oxygen atoms in total. The first kappa shape index (κ1) is 19.9. The Morgan fingerprint density at radius 3 is 2.54 bits per heavy atom. The van der Waals surface area contributed by atoms with Gasteiger partial charge in [0.2, 0.25) is 0 Å². The van der Waals surface area contributed by atoms with Gasteiger partial charge in [-0.2, -0.15) is 0 Å². The molecular weight excluding hydrogens is 352 g/mol. The number of aromatic hydroxyl groups is 1. The van der Waals surface area contributed by atoms with E-state index in [0.717, 1.165) is 54.4 Å². The fourth-order valence-electron chi connectivity index (χ4n) is 3.38. The van der Waals surface area contributed by atoms with Gasteiger partial charge in [0.05, 0.1) is 18.5 Å². The first-order chi connectivity index (χ1) is 13.6. The molecule has 0 aliphatic carbocycles. The van der Waals surface area contributed by atoms with Gasteiger partial charge in [-0.05, 0) is 49.3 Å². The van der Waals surface area contributed by atoms with Crippen molar-refractivity contribution < 1.29 is 10.2 Å². The summed E-state index contributed by atoms with van der Waals surface area (Å²) in [6.07, 6.45) is 2.80. The minimum Gasteiger partial charge on any atom is -0.508 e. The second-order valence-corrected chi connectivity index (χ2v) is 6.80. The molecule has 6 heteroatoms. The van der Waals surface area contributed by atoms with Crippen LogP contribution in [0.3, 0.4) is 0 Å². The number of hydrogen-bond donors (Lipinski definition) is 3. The molecule has 0 radical (unpaired) electrons. The molecular formula is C22H28N4O2. The van der Waals surface area contributed by atoms with Crippen LogP contribution in [0.25, 0.3) is 22.6 Å². The van der Waals surface area contributed by atoms with Crippen molar-refractivity contribution in [3.63, 3.8) is 0 Å². The van der Waals surface area contributed by atoms with Crippen LogP contribution >= 0.6 is 0 Å². The van der Waals surface area contributed by atoms with Crippen molar-refractivity contribution in [2.24, 2.45) is 0 Å². The van der Waals surface area contributed by atoms with Crippen molar-refractivity contribution in [3.8, 4) is 28.4 Å². The molecule has 0 saturated heterocycles. The number of anilines is 1. The average molecular weight is 380 g/mol. The van der Waals surface area contributed by atoms with E-state index in [2.05, 4.69) is 21.4 Å². The molecule has 0 atom stereocenters. The molecule has 1 aromatic heterocycles. The summed E-state index contributed by atoms with van der Waals surface area (Å²) in [6.45, 7) is 5.55. The van der Waals surface area contributed by atoms with Gasteiger partial charge >= 0.3 is 0 Å². The van der Waals surface area contributed by atoms with Crippen molar-refractivity contribution in [2.75, 3.05) is 32.0 Å². The molecule has 0 saturated carbocycles. The van der Waals surface area contributed by atoms with E-state index < -0.39 is 0 Å². The number of nitrogens with two attached hydrogens (primary N) is 1. The van der Waals surface area contributed by atoms with E-state index in [1.54, 1.807) is 12.1 Å². The zero-order chi connectivity index (χ0) is 19.9. The van der Waals surface area contributed by atoms with Gasteiger partial charge in [0.1, 0.15) is 11.6 Å². The SMILES string of the molecule is CCN(CCO)CCCn1c(-c2ccc(N)cc2)cnc1-c1cccc(O)c1. The van der Waals surface area contributed by atoms with E-state index in [0.29, 0.717) is 6.54 Å². The third kappa shape index (κ3) is 4.71. The minimum atomic E-state index is 0.171. The molecule has 28 heavy (non-hydrogen) atoms. The van der Waals surface area contributed by atoms with E-state index in [-0.39, 0.29) is 12.4 Å². The van der Waals surface area contributed by atoms with Gasteiger partial charge in [0.15, 0.2) is 0 Å². The molecule has 0 aliphatic heterocycles. The number of aliphatic hydroxyl groups is 1. The Labute approximate surface area is 165 Å². The van der Waals surface area contributed by atoms with Crippen LogP contribution in [-0.2, 0) is 6.54 Å². The second kappa shape index (κ2) is 9.39. The number of phenols is 1. The topological polar surface area (TPSA) is 87.5 Å². The maximum Gasteiger partial charge on any atom is 0.140 e. The third-order valence-electron chi connectivity index (χ3n) is 4.89. The third-order valence-corrected chi connectivity index (χ3v) is 4.89. The fourth-order valence-corrected chi connectivity index (χ4v) is 3.38. The first-order valence-electron chi connectivity index (χ1n) is 9.66. The zero-order valence-electron chi connectivity index (χ0n) is 16.3. The zero-order valence-corrected chi connectivity index (χ0v) is 16.3. The predicted octanol–water partition coefficient (Wildman–Crippen LogP) is 3.21. The highest BCUT2D eigenvalue weighted by atomic mass is 16.3. The van der Waals surface area contributed by atoms with Gasteiger partial charge in [0.25, 0.3) is 0 Å². The molecule has 0 amide bonds. The van der Waals surface area contributed by atoms with E-state index in [4.69, 9.17) is 5.73 Å². The maximum absolute atomic E-state index is 9.88. The summed E-state index contributed by atoms with van der Waals surface area (Å²) >= 11 is 0. The minimum absolute atomic E-state index is 0.171. The molecule has 0 aliphatic rings. The van der Waals surface area contributed by atoms with Crippen LogP contribution in [0, 0.1) is 0 Å². The summed E-state index contributed by atoms with van der Waals surface area (Å²) in [4.78, 5) is 6.88. The van der Waals surface area contributed by atoms with E-state index in [1.165, 1.54) is 0 Å². The number of aromatic nitrogens is 2. The van der Waals surface area contributed by atoms with Crippen LogP contribution < -0.4 is 5.73 Å². The normalized spacial score (nSPS) is 11.2. The highest BCUT2D eigenvalue weighted by Crippen LogP contribution is 2.29. The summed E-state index contributed by atoms with van der Waals surface area (Å²) in [5.41, 5.74) is 9.51. The van der Waals surface area contributed by atoms with Gasteiger partial charge in [-0.15, -0.1) is 0 Å². The lowest BCUT2D eigenvalue weighted by molar-refractivity contribution is 0.199. The molecule has 4 N–H and O–H groups in total. The number of imidazole rings is 1. The lowest BCUT2D eigenvalue weighted by atomic mass is 10.1. The molecule has 3 aromatic rings. The molecule has 0 fully saturated rings. The fraction of sp³-hybridized carbons (Fsp3) is 0.318. The Bertz CT molecular complexity index is 890. The number of nitrogen functional groups attached to an aromatic ring is 1. The Balaban J connectivity index is 1.91. The molecule has 148 valence electrons. The number of nitrogens with zero attached hydrogens (tertiary/aromatic N) is 3. The summed E-state index contributed by atoms with van der Waals surface area (Å²) in [5, 5.41) is 19.1. The van der Waals surface area contributed by atoms with E-state index >= 15 is 0 Å². The van der Waals surface area contributed by atoms with Crippen LogP contribution in [0.5, 0.6) is 5.75 Å². The van der Waals surface area contributed by atoms with Gasteiger partial charge < -0.3 is 25.4 Å². The largest absolute Gasteiger partial charge is 0.508 e. The molecule has 1 heterocycles. The molecule has 0 bridgehead atoms. The van der Waals surface area contributed by atoms with Gasteiger partial charge in [-0.1, -0.05) is 31.2 Å². The van der Waals surface area contributed by atoms with Crippen LogP contribution in [-0.4, -0.2) is 50.9 Å². The second-order valence-electron chi connectivity index (χ2n) is 6.80. The quantitative estimate of drug-likeness (QED) is 0.496. The van der Waals surface area contributed by atoms with Crippen molar-refractivity contribution in [2.45, 2.75) is 19.9 Å². The number of likely N-dealkylation sites (N-methyl/N-ethyl adjacent to an activating group) is 1. The standard InChI is InChI=1S/C22H28N4O2/c1-2-25(13-14-27)11-4-12-26-21(17-7-9-19(23)10-8-17)16-24-22(26)18-5-3-6-20(28)15-18/h3,5-10,15-16,27-28H,2,4,11-14,23H2,1H3. The van der Waals surface area contributed by atoms with Crippen LogP contribution in [0.15, 0.2) is 54.7 Å². The van der Waals surface area contributed by atoms with Gasteiger partial charge in [-0.3, -0.25) is 0 Å². The summed E-state index contributed by atoms with van der Waals surface area (Å²) in [6, 6.07) is 14.9. The number of phenolic OH excluding ortho intramolecular Hbond substituents is 1. The molecule has 2 aromatic carbocycles. The number of rotatable bonds is 9. The van der Waals surface area contributed by atoms with Gasteiger partial charge in [0, 0.05) is 24.3 Å². The highest BCUT2D eigenvalue weighted by molar-refractivity contribution is 5.67. The monoisotopic (exact) mass is 380 g/mol. The Morgan fingerprint density at radius 1 is 1.07 bits per heavy atom. The number of aliphatic hydroxyl groups excluding tert-OH is 1. The van der Waals surface area contributed by atoms with Crippen molar-refractivity contribution >= 4 is 5.69 Å². The lowest BCUT2D eigenvalue weighted by Gasteiger charge is -2.20. The van der Waals surface area contributed by atoms with Crippen LogP contribution in [0.4, 0.5) is 5.69 Å². The summed E-state index contributed by atoms with van der Waals surface area (Å²) < 4.78 is 2.19. The predicted molar refractivity (Wildman–Crippen MR) is 113 cm³/mol. The average Bonchev–Trinajstić information content (AvgIpc) is 3.11. The highest BCUT2D eigenvalue weighted by Gasteiger charge is 2.14. The molecule has 0 spiro atoms. The smallest absolute Gasteiger partial charge is 0.140 e. The Morgan fingerprint density at radius 2 is 1.86 bits per heavy atom. The molecule has 3 rings (SSSR count).